The SMILES string of the molecule is COC(=O)[C@H](CC1CCCCC1)NC(=O)[C@H]1CN(C(=O)c2cccnc2)CCN1C(=O)c1cccnc1. The van der Waals surface area contributed by atoms with Crippen molar-refractivity contribution in [2.24, 2.45) is 5.92 Å². The number of esters is 1. The molecular formula is C27H33N5O5. The molecule has 2 fully saturated rings. The van der Waals surface area contributed by atoms with E-state index < -0.39 is 24.0 Å². The van der Waals surface area contributed by atoms with E-state index >= 15 is 0 Å². The maximum absolute atomic E-state index is 13.6. The van der Waals surface area contributed by atoms with Gasteiger partial charge in [-0.15, -0.1) is 0 Å². The van der Waals surface area contributed by atoms with E-state index in [1.165, 1.54) is 30.8 Å². The summed E-state index contributed by atoms with van der Waals surface area (Å²) >= 11 is 0. The number of carbonyl (C=O) groups is 4. The summed E-state index contributed by atoms with van der Waals surface area (Å²) in [6, 6.07) is 4.82. The third kappa shape index (κ3) is 6.49. The molecule has 2 aromatic rings. The third-order valence-electron chi connectivity index (χ3n) is 7.14. The topological polar surface area (TPSA) is 122 Å². The lowest BCUT2D eigenvalue weighted by molar-refractivity contribution is -0.146. The van der Waals surface area contributed by atoms with E-state index in [2.05, 4.69) is 15.3 Å². The van der Waals surface area contributed by atoms with Gasteiger partial charge in [0.25, 0.3) is 11.8 Å². The maximum atomic E-state index is 13.6. The predicted octanol–water partition coefficient (Wildman–Crippen LogP) is 2.07. The van der Waals surface area contributed by atoms with Crippen LogP contribution in [0.2, 0.25) is 0 Å². The highest BCUT2D eigenvalue weighted by Crippen LogP contribution is 2.28. The monoisotopic (exact) mass is 507 g/mol. The second-order valence-electron chi connectivity index (χ2n) is 9.57. The number of hydrogen-bond donors (Lipinski definition) is 1. The second-order valence-corrected chi connectivity index (χ2v) is 9.57. The summed E-state index contributed by atoms with van der Waals surface area (Å²) in [4.78, 5) is 63.7. The molecule has 1 N–H and O–H groups in total. The summed E-state index contributed by atoms with van der Waals surface area (Å²) in [7, 11) is 1.30. The number of amides is 3. The molecule has 1 saturated heterocycles. The first-order valence-corrected chi connectivity index (χ1v) is 12.8. The first-order valence-electron chi connectivity index (χ1n) is 12.8. The maximum Gasteiger partial charge on any atom is 0.328 e. The zero-order valence-corrected chi connectivity index (χ0v) is 21.0. The van der Waals surface area contributed by atoms with Crippen molar-refractivity contribution in [3.8, 4) is 0 Å². The molecule has 1 aliphatic carbocycles. The standard InChI is InChI=1S/C27H33N5O5/c1-37-27(36)22(15-19-7-3-2-4-8-19)30-24(33)23-18-31(25(34)20-9-5-11-28-16-20)13-14-32(23)26(35)21-10-6-12-29-17-21/h5-6,9-12,16-17,19,22-23H,2-4,7-8,13-15,18H2,1H3,(H,30,33)/t22-,23+/m0/s1. The van der Waals surface area contributed by atoms with Gasteiger partial charge >= 0.3 is 5.97 Å². The van der Waals surface area contributed by atoms with E-state index in [1.807, 2.05) is 0 Å². The molecule has 0 radical (unpaired) electrons. The number of carbonyl (C=O) groups excluding carboxylic acids is 4. The highest BCUT2D eigenvalue weighted by atomic mass is 16.5. The minimum Gasteiger partial charge on any atom is -0.467 e. The molecule has 37 heavy (non-hydrogen) atoms. The minimum atomic E-state index is -0.986. The minimum absolute atomic E-state index is 0.0110. The van der Waals surface area contributed by atoms with Gasteiger partial charge in [0, 0.05) is 37.9 Å². The zero-order valence-electron chi connectivity index (χ0n) is 21.0. The summed E-state index contributed by atoms with van der Waals surface area (Å²) in [5.41, 5.74) is 0.748. The van der Waals surface area contributed by atoms with Crippen LogP contribution in [0.1, 0.15) is 59.2 Å². The highest BCUT2D eigenvalue weighted by Gasteiger charge is 2.39. The first-order chi connectivity index (χ1) is 18.0. The lowest BCUT2D eigenvalue weighted by atomic mass is 9.84. The van der Waals surface area contributed by atoms with E-state index in [-0.39, 0.29) is 31.4 Å². The molecule has 10 heteroatoms. The summed E-state index contributed by atoms with van der Waals surface area (Å²) in [6.45, 7) is 0.401. The molecule has 0 aromatic carbocycles. The van der Waals surface area contributed by atoms with Gasteiger partial charge in [-0.1, -0.05) is 32.1 Å². The highest BCUT2D eigenvalue weighted by molar-refractivity contribution is 5.99. The Labute approximate surface area is 216 Å². The Bertz CT molecular complexity index is 1090. The molecule has 4 rings (SSSR count). The number of nitrogens with one attached hydrogen (secondary N) is 1. The Hall–Kier alpha value is -3.82. The van der Waals surface area contributed by atoms with Crippen molar-refractivity contribution in [3.63, 3.8) is 0 Å². The molecule has 10 nitrogen and oxygen atoms in total. The second kappa shape index (κ2) is 12.4. The van der Waals surface area contributed by atoms with Gasteiger partial charge in [0.1, 0.15) is 12.1 Å². The molecule has 2 aliphatic rings. The van der Waals surface area contributed by atoms with E-state index in [9.17, 15) is 19.2 Å². The average molecular weight is 508 g/mol. The molecule has 0 unspecified atom stereocenters. The van der Waals surface area contributed by atoms with Crippen molar-refractivity contribution < 1.29 is 23.9 Å². The van der Waals surface area contributed by atoms with Crippen LogP contribution in [0, 0.1) is 5.92 Å². The Balaban J connectivity index is 1.55. The number of hydrogen-bond acceptors (Lipinski definition) is 7. The van der Waals surface area contributed by atoms with Gasteiger partial charge < -0.3 is 19.9 Å². The van der Waals surface area contributed by atoms with Gasteiger partial charge in [-0.05, 0) is 36.6 Å². The molecule has 2 aromatic heterocycles. The van der Waals surface area contributed by atoms with Crippen LogP contribution in [-0.2, 0) is 14.3 Å². The van der Waals surface area contributed by atoms with E-state index in [0.29, 0.717) is 23.5 Å². The van der Waals surface area contributed by atoms with E-state index in [4.69, 9.17) is 4.74 Å². The number of ether oxygens (including phenoxy) is 1. The predicted molar refractivity (Wildman–Crippen MR) is 134 cm³/mol. The zero-order chi connectivity index (χ0) is 26.2. The number of aromatic nitrogens is 2. The smallest absolute Gasteiger partial charge is 0.328 e. The molecule has 196 valence electrons. The van der Waals surface area contributed by atoms with Gasteiger partial charge in [-0.2, -0.15) is 0 Å². The van der Waals surface area contributed by atoms with Gasteiger partial charge in [0.2, 0.25) is 5.91 Å². The van der Waals surface area contributed by atoms with Crippen molar-refractivity contribution >= 4 is 23.7 Å². The van der Waals surface area contributed by atoms with Crippen LogP contribution in [0.3, 0.4) is 0 Å². The van der Waals surface area contributed by atoms with Crippen LogP contribution in [-0.4, -0.2) is 82.3 Å². The molecule has 0 bridgehead atoms. The van der Waals surface area contributed by atoms with Crippen molar-refractivity contribution in [3.05, 3.63) is 60.2 Å². The molecule has 2 atom stereocenters. The van der Waals surface area contributed by atoms with Crippen molar-refractivity contribution in [1.82, 2.24) is 25.1 Å². The largest absolute Gasteiger partial charge is 0.467 e. The van der Waals surface area contributed by atoms with Gasteiger partial charge in [0.15, 0.2) is 0 Å². The lowest BCUT2D eigenvalue weighted by Crippen LogP contribution is -2.63. The average Bonchev–Trinajstić information content (AvgIpc) is 2.96. The Morgan fingerprint density at radius 3 is 2.22 bits per heavy atom. The summed E-state index contributed by atoms with van der Waals surface area (Å²) in [5.74, 6) is -1.31. The van der Waals surface area contributed by atoms with Crippen LogP contribution in [0.15, 0.2) is 49.1 Å². The Morgan fingerprint density at radius 2 is 1.62 bits per heavy atom. The number of methoxy groups -OCH3 is 1. The molecule has 1 saturated carbocycles. The number of nitrogens with zero attached hydrogens (tertiary/aromatic N) is 4. The Morgan fingerprint density at radius 1 is 0.973 bits per heavy atom. The van der Waals surface area contributed by atoms with E-state index in [1.54, 1.807) is 41.6 Å². The van der Waals surface area contributed by atoms with Gasteiger partial charge in [-0.3, -0.25) is 24.4 Å². The lowest BCUT2D eigenvalue weighted by Gasteiger charge is -2.41. The van der Waals surface area contributed by atoms with Crippen LogP contribution in [0.25, 0.3) is 0 Å². The molecule has 3 amide bonds. The Kier molecular flexibility index (Phi) is 8.81. The number of rotatable bonds is 7. The van der Waals surface area contributed by atoms with E-state index in [0.717, 1.165) is 25.7 Å². The quantitative estimate of drug-likeness (QED) is 0.570. The van der Waals surface area contributed by atoms with Crippen LogP contribution < -0.4 is 5.32 Å². The van der Waals surface area contributed by atoms with Crippen molar-refractivity contribution in [1.29, 1.82) is 0 Å². The van der Waals surface area contributed by atoms with Crippen LogP contribution in [0.5, 0.6) is 0 Å². The summed E-state index contributed by atoms with van der Waals surface area (Å²) in [5, 5.41) is 2.85. The third-order valence-corrected chi connectivity index (χ3v) is 7.14. The molecular weight excluding hydrogens is 474 g/mol. The molecule has 1 aliphatic heterocycles. The normalized spacial score (nSPS) is 19.1. The fraction of sp³-hybridized carbons (Fsp3) is 0.481. The molecule has 0 spiro atoms. The van der Waals surface area contributed by atoms with Crippen molar-refractivity contribution in [2.45, 2.75) is 50.6 Å². The van der Waals surface area contributed by atoms with Crippen LogP contribution in [0.4, 0.5) is 0 Å². The van der Waals surface area contributed by atoms with Crippen LogP contribution >= 0.6 is 0 Å². The fourth-order valence-corrected chi connectivity index (χ4v) is 5.14. The number of pyridine rings is 2. The number of piperazine rings is 1. The molecule has 3 heterocycles. The van der Waals surface area contributed by atoms with Gasteiger partial charge in [-0.25, -0.2) is 4.79 Å². The van der Waals surface area contributed by atoms with Gasteiger partial charge in [0.05, 0.1) is 24.8 Å². The van der Waals surface area contributed by atoms with Crippen molar-refractivity contribution in [2.75, 3.05) is 26.7 Å². The summed E-state index contributed by atoms with van der Waals surface area (Å²) < 4.78 is 4.99. The first kappa shape index (κ1) is 26.2. The fourth-order valence-electron chi connectivity index (χ4n) is 5.14. The summed E-state index contributed by atoms with van der Waals surface area (Å²) in [6.07, 6.45) is 12.0.